The van der Waals surface area contributed by atoms with Crippen LogP contribution in [0.3, 0.4) is 0 Å². The zero-order valence-electron chi connectivity index (χ0n) is 13.6. The summed E-state index contributed by atoms with van der Waals surface area (Å²) in [7, 11) is 0. The highest BCUT2D eigenvalue weighted by Crippen LogP contribution is 2.33. The third kappa shape index (κ3) is 4.42. The fraction of sp³-hybridized carbons (Fsp3) is 0.0588. The molecular formula is C17H9F6N3OS. The predicted octanol–water partition coefficient (Wildman–Crippen LogP) is 5.89. The third-order valence-corrected chi connectivity index (χ3v) is 4.23. The number of thiazole rings is 1. The van der Waals surface area contributed by atoms with Gasteiger partial charge in [-0.15, -0.1) is 11.3 Å². The summed E-state index contributed by atoms with van der Waals surface area (Å²) >= 11 is 0.964. The van der Waals surface area contributed by atoms with E-state index in [1.54, 1.807) is 0 Å². The number of amides is 2. The van der Waals surface area contributed by atoms with Gasteiger partial charge in [0, 0.05) is 16.6 Å². The number of halogens is 6. The quantitative estimate of drug-likeness (QED) is 0.522. The van der Waals surface area contributed by atoms with Crippen LogP contribution in [-0.2, 0) is 6.18 Å². The smallest absolute Gasteiger partial charge is 0.308 e. The Bertz CT molecular complexity index is 1030. The van der Waals surface area contributed by atoms with E-state index in [4.69, 9.17) is 0 Å². The van der Waals surface area contributed by atoms with Gasteiger partial charge in [-0.2, -0.15) is 13.2 Å². The summed E-state index contributed by atoms with van der Waals surface area (Å²) in [5, 5.41) is 5.97. The maximum Gasteiger partial charge on any atom is 0.419 e. The first kappa shape index (κ1) is 19.7. The van der Waals surface area contributed by atoms with Gasteiger partial charge in [0.25, 0.3) is 0 Å². The molecule has 0 radical (unpaired) electrons. The van der Waals surface area contributed by atoms with Crippen LogP contribution >= 0.6 is 11.3 Å². The van der Waals surface area contributed by atoms with E-state index in [1.165, 1.54) is 11.4 Å². The number of hydrogen-bond acceptors (Lipinski definition) is 3. The number of carbonyl (C=O) groups is 1. The molecule has 4 nitrogen and oxygen atoms in total. The van der Waals surface area contributed by atoms with Gasteiger partial charge in [-0.05, 0) is 36.4 Å². The number of nitrogens with zero attached hydrogens (tertiary/aromatic N) is 1. The first-order valence-corrected chi connectivity index (χ1v) is 8.37. The molecule has 146 valence electrons. The standard InChI is InChI=1S/C17H9F6N3OS/c18-11-4-2-9(6-10(11)17(21,22)23)24-15(27)26-16-25-14(7-28-16)8-1-3-12(19)13(20)5-8/h1-7H,(H2,24,25,26,27). The largest absolute Gasteiger partial charge is 0.419 e. The van der Waals surface area contributed by atoms with Crippen molar-refractivity contribution in [3.8, 4) is 11.3 Å². The summed E-state index contributed by atoms with van der Waals surface area (Å²) in [6.45, 7) is 0. The van der Waals surface area contributed by atoms with E-state index in [1.807, 2.05) is 0 Å². The molecule has 11 heteroatoms. The monoisotopic (exact) mass is 417 g/mol. The lowest BCUT2D eigenvalue weighted by Crippen LogP contribution is -2.20. The highest BCUT2D eigenvalue weighted by molar-refractivity contribution is 7.14. The summed E-state index contributed by atoms with van der Waals surface area (Å²) in [4.78, 5) is 16.0. The number of rotatable bonds is 3. The molecule has 0 spiro atoms. The van der Waals surface area contributed by atoms with E-state index in [0.717, 1.165) is 29.5 Å². The van der Waals surface area contributed by atoms with Crippen molar-refractivity contribution in [2.24, 2.45) is 0 Å². The van der Waals surface area contributed by atoms with Crippen LogP contribution in [0, 0.1) is 17.5 Å². The molecule has 1 heterocycles. The predicted molar refractivity (Wildman–Crippen MR) is 91.5 cm³/mol. The van der Waals surface area contributed by atoms with Gasteiger partial charge in [-0.25, -0.2) is 22.9 Å². The lowest BCUT2D eigenvalue weighted by Gasteiger charge is -2.11. The van der Waals surface area contributed by atoms with E-state index in [0.29, 0.717) is 12.1 Å². The van der Waals surface area contributed by atoms with Gasteiger partial charge in [0.1, 0.15) is 5.82 Å². The van der Waals surface area contributed by atoms with Crippen LogP contribution in [0.25, 0.3) is 11.3 Å². The van der Waals surface area contributed by atoms with Crippen LogP contribution < -0.4 is 10.6 Å². The zero-order chi connectivity index (χ0) is 20.5. The topological polar surface area (TPSA) is 54.0 Å². The number of alkyl halides is 3. The van der Waals surface area contributed by atoms with E-state index in [-0.39, 0.29) is 22.1 Å². The fourth-order valence-corrected chi connectivity index (χ4v) is 2.91. The number of carbonyl (C=O) groups excluding carboxylic acids is 1. The molecule has 2 N–H and O–H groups in total. The molecule has 0 saturated carbocycles. The molecule has 0 aliphatic heterocycles. The molecule has 0 unspecified atom stereocenters. The number of anilines is 2. The summed E-state index contributed by atoms with van der Waals surface area (Å²) < 4.78 is 77.6. The van der Waals surface area contributed by atoms with E-state index in [2.05, 4.69) is 15.6 Å². The second kappa shape index (κ2) is 7.50. The number of hydrogen-bond donors (Lipinski definition) is 2. The van der Waals surface area contributed by atoms with Gasteiger partial charge in [0.15, 0.2) is 16.8 Å². The Balaban J connectivity index is 1.71. The maximum atomic E-state index is 13.3. The van der Waals surface area contributed by atoms with Crippen LogP contribution in [0.5, 0.6) is 0 Å². The lowest BCUT2D eigenvalue weighted by atomic mass is 10.2. The van der Waals surface area contributed by atoms with Crippen molar-refractivity contribution < 1.29 is 31.1 Å². The molecule has 0 fully saturated rings. The van der Waals surface area contributed by atoms with Crippen molar-refractivity contribution in [1.29, 1.82) is 0 Å². The van der Waals surface area contributed by atoms with Crippen LogP contribution in [-0.4, -0.2) is 11.0 Å². The maximum absolute atomic E-state index is 13.3. The Hall–Kier alpha value is -3.08. The van der Waals surface area contributed by atoms with Gasteiger partial charge in [-0.1, -0.05) is 0 Å². The number of urea groups is 1. The minimum Gasteiger partial charge on any atom is -0.308 e. The van der Waals surface area contributed by atoms with Crippen LogP contribution in [0.4, 0.5) is 42.0 Å². The van der Waals surface area contributed by atoms with Crippen molar-refractivity contribution in [3.63, 3.8) is 0 Å². The van der Waals surface area contributed by atoms with Crippen molar-refractivity contribution in [3.05, 3.63) is 64.8 Å². The summed E-state index contributed by atoms with van der Waals surface area (Å²) in [6, 6.07) is 4.27. The number of aromatic nitrogens is 1. The Kier molecular flexibility index (Phi) is 5.27. The first-order chi connectivity index (χ1) is 13.1. The van der Waals surface area contributed by atoms with Crippen molar-refractivity contribution in [2.45, 2.75) is 6.18 Å². The molecule has 0 atom stereocenters. The Morgan fingerprint density at radius 2 is 1.64 bits per heavy atom. The number of nitrogens with one attached hydrogen (secondary N) is 2. The second-order valence-corrected chi connectivity index (χ2v) is 6.30. The van der Waals surface area contributed by atoms with Gasteiger partial charge >= 0.3 is 12.2 Å². The molecule has 0 aliphatic rings. The summed E-state index contributed by atoms with van der Waals surface area (Å²) in [5.74, 6) is -3.54. The van der Waals surface area contributed by atoms with Crippen molar-refractivity contribution >= 4 is 28.2 Å². The first-order valence-electron chi connectivity index (χ1n) is 7.49. The average molecular weight is 417 g/mol. The molecule has 3 rings (SSSR count). The second-order valence-electron chi connectivity index (χ2n) is 5.44. The van der Waals surface area contributed by atoms with Crippen molar-refractivity contribution in [2.75, 3.05) is 10.6 Å². The van der Waals surface area contributed by atoms with Crippen molar-refractivity contribution in [1.82, 2.24) is 4.98 Å². The Labute approximate surface area is 157 Å². The molecule has 2 aromatic carbocycles. The fourth-order valence-electron chi connectivity index (χ4n) is 2.20. The molecular weight excluding hydrogens is 408 g/mol. The Morgan fingerprint density at radius 3 is 2.32 bits per heavy atom. The average Bonchev–Trinajstić information content (AvgIpc) is 3.06. The highest BCUT2D eigenvalue weighted by atomic mass is 32.1. The van der Waals surface area contributed by atoms with Crippen LogP contribution in [0.1, 0.15) is 5.56 Å². The lowest BCUT2D eigenvalue weighted by molar-refractivity contribution is -0.139. The zero-order valence-corrected chi connectivity index (χ0v) is 14.4. The van der Waals surface area contributed by atoms with Gasteiger partial charge in [-0.3, -0.25) is 5.32 Å². The van der Waals surface area contributed by atoms with Gasteiger partial charge < -0.3 is 5.32 Å². The number of benzene rings is 2. The van der Waals surface area contributed by atoms with E-state index >= 15 is 0 Å². The molecule has 28 heavy (non-hydrogen) atoms. The van der Waals surface area contributed by atoms with Crippen LogP contribution in [0.2, 0.25) is 0 Å². The highest BCUT2D eigenvalue weighted by Gasteiger charge is 2.34. The molecule has 0 aliphatic carbocycles. The van der Waals surface area contributed by atoms with E-state index in [9.17, 15) is 31.1 Å². The summed E-state index contributed by atoms with van der Waals surface area (Å²) in [6.07, 6.45) is -4.91. The SMILES string of the molecule is O=C(Nc1ccc(F)c(C(F)(F)F)c1)Nc1nc(-c2ccc(F)c(F)c2)cs1. The molecule has 3 aromatic rings. The molecule has 0 bridgehead atoms. The normalized spacial score (nSPS) is 11.4. The molecule has 0 saturated heterocycles. The van der Waals surface area contributed by atoms with E-state index < -0.39 is 35.2 Å². The van der Waals surface area contributed by atoms with Crippen LogP contribution in [0.15, 0.2) is 41.8 Å². The Morgan fingerprint density at radius 1 is 0.929 bits per heavy atom. The molecule has 2 amide bonds. The third-order valence-electron chi connectivity index (χ3n) is 3.47. The minimum absolute atomic E-state index is 0.0652. The summed E-state index contributed by atoms with van der Waals surface area (Å²) in [5.41, 5.74) is -1.25. The molecule has 1 aromatic heterocycles. The van der Waals surface area contributed by atoms with Gasteiger partial charge in [0.05, 0.1) is 11.3 Å². The minimum atomic E-state index is -4.91. The van der Waals surface area contributed by atoms with Gasteiger partial charge in [0.2, 0.25) is 0 Å².